The number of nitrogens with one attached hydrogen (secondary N) is 2. The van der Waals surface area contributed by atoms with Crippen LogP contribution in [-0.2, 0) is 14.4 Å². The number of piperidine rings is 1. The van der Waals surface area contributed by atoms with E-state index in [4.69, 9.17) is 0 Å². The average Bonchev–Trinajstić information content (AvgIpc) is 3.16. The predicted molar refractivity (Wildman–Crippen MR) is 137 cm³/mol. The molecule has 0 saturated carbocycles. The molecule has 3 fully saturated rings. The number of likely N-dealkylation sites (tertiary alicyclic amines) is 1. The van der Waals surface area contributed by atoms with Gasteiger partial charge in [-0.1, -0.05) is 20.8 Å². The van der Waals surface area contributed by atoms with Gasteiger partial charge >= 0.3 is 0 Å². The van der Waals surface area contributed by atoms with Gasteiger partial charge in [0.15, 0.2) is 0 Å². The van der Waals surface area contributed by atoms with Crippen LogP contribution in [-0.4, -0.2) is 85.9 Å². The number of halogens is 1. The van der Waals surface area contributed by atoms with Gasteiger partial charge in [-0.05, 0) is 49.9 Å². The molecule has 3 aliphatic rings. The van der Waals surface area contributed by atoms with Crippen molar-refractivity contribution in [3.8, 4) is 0 Å². The van der Waals surface area contributed by atoms with Crippen LogP contribution in [0, 0.1) is 16.6 Å². The summed E-state index contributed by atoms with van der Waals surface area (Å²) in [5.41, 5.74) is 0.152. The molecule has 0 radical (unpaired) electrons. The molecular weight excluding hydrogens is 461 g/mol. The first-order chi connectivity index (χ1) is 17.1. The highest BCUT2D eigenvalue weighted by Crippen LogP contribution is 2.41. The van der Waals surface area contributed by atoms with E-state index in [1.165, 1.54) is 12.1 Å². The average molecular weight is 502 g/mol. The Morgan fingerprint density at radius 2 is 1.69 bits per heavy atom. The number of anilines is 1. The molecule has 4 rings (SSSR count). The fraction of sp³-hybridized carbons (Fsp3) is 0.667. The van der Waals surface area contributed by atoms with Gasteiger partial charge in [0.05, 0.1) is 12.0 Å². The van der Waals surface area contributed by atoms with Crippen LogP contribution in [0.3, 0.4) is 0 Å². The lowest BCUT2D eigenvalue weighted by molar-refractivity contribution is -0.139. The van der Waals surface area contributed by atoms with Gasteiger partial charge in [-0.25, -0.2) is 4.39 Å². The summed E-state index contributed by atoms with van der Waals surface area (Å²) in [6.07, 6.45) is 3.09. The third-order valence-electron chi connectivity index (χ3n) is 7.97. The second-order valence-electron chi connectivity index (χ2n) is 11.6. The number of carbonyl (C=O) groups excluding carboxylic acids is 3. The van der Waals surface area contributed by atoms with Crippen LogP contribution in [0.15, 0.2) is 24.3 Å². The van der Waals surface area contributed by atoms with Crippen molar-refractivity contribution >= 4 is 23.4 Å². The maximum atomic E-state index is 13.2. The van der Waals surface area contributed by atoms with Crippen molar-refractivity contribution in [2.75, 3.05) is 57.3 Å². The fourth-order valence-corrected chi connectivity index (χ4v) is 5.50. The second kappa shape index (κ2) is 10.7. The Morgan fingerprint density at radius 3 is 2.31 bits per heavy atom. The molecule has 36 heavy (non-hydrogen) atoms. The fourth-order valence-electron chi connectivity index (χ4n) is 5.50. The Hall–Kier alpha value is -2.68. The van der Waals surface area contributed by atoms with Crippen LogP contribution in [0.4, 0.5) is 10.1 Å². The Kier molecular flexibility index (Phi) is 7.87. The van der Waals surface area contributed by atoms with E-state index in [1.54, 1.807) is 4.90 Å². The molecule has 1 aromatic carbocycles. The van der Waals surface area contributed by atoms with Gasteiger partial charge < -0.3 is 20.4 Å². The highest BCUT2D eigenvalue weighted by atomic mass is 19.1. The van der Waals surface area contributed by atoms with Gasteiger partial charge in [0.25, 0.3) is 0 Å². The van der Waals surface area contributed by atoms with E-state index in [0.717, 1.165) is 51.3 Å². The van der Waals surface area contributed by atoms with Crippen LogP contribution < -0.4 is 15.5 Å². The zero-order chi connectivity index (χ0) is 25.9. The van der Waals surface area contributed by atoms with E-state index >= 15 is 0 Å². The van der Waals surface area contributed by atoms with Gasteiger partial charge in [-0.15, -0.1) is 0 Å². The third-order valence-corrected chi connectivity index (χ3v) is 7.97. The van der Waals surface area contributed by atoms with E-state index < -0.39 is 5.41 Å². The quantitative estimate of drug-likeness (QED) is 0.623. The van der Waals surface area contributed by atoms with Crippen LogP contribution in [0.1, 0.15) is 46.5 Å². The summed E-state index contributed by atoms with van der Waals surface area (Å²) in [5.74, 6) is -0.311. The number of hydrogen-bond acceptors (Lipinski definition) is 5. The molecular formula is C27H40FN5O3. The topological polar surface area (TPSA) is 85.0 Å². The molecule has 1 atom stereocenters. The standard InChI is InChI=1S/C27H40FN5O3/c1-26(2,3)24(35)29-19-23(34)33-12-9-27(10-13-33)18-21(30-25(27)36)8-11-31-14-16-32(17-15-31)22-6-4-20(28)5-7-22/h4-7,21H,8-19H2,1-3H3,(H,29,35)(H,30,36)/t21-/m0/s1. The van der Waals surface area contributed by atoms with Crippen LogP contribution in [0.2, 0.25) is 0 Å². The first-order valence-electron chi connectivity index (χ1n) is 13.2. The molecule has 3 heterocycles. The molecule has 0 bridgehead atoms. The number of benzene rings is 1. The largest absolute Gasteiger partial charge is 0.369 e. The lowest BCUT2D eigenvalue weighted by Gasteiger charge is -2.38. The van der Waals surface area contributed by atoms with E-state index in [2.05, 4.69) is 20.4 Å². The van der Waals surface area contributed by atoms with Crippen LogP contribution in [0.5, 0.6) is 0 Å². The van der Waals surface area contributed by atoms with Gasteiger partial charge in [0, 0.05) is 63.0 Å². The molecule has 0 aromatic heterocycles. The van der Waals surface area contributed by atoms with E-state index in [9.17, 15) is 18.8 Å². The lowest BCUT2D eigenvalue weighted by atomic mass is 9.75. The molecule has 0 unspecified atom stereocenters. The van der Waals surface area contributed by atoms with Crippen molar-refractivity contribution in [1.29, 1.82) is 0 Å². The zero-order valence-electron chi connectivity index (χ0n) is 21.8. The number of hydrogen-bond donors (Lipinski definition) is 2. The summed E-state index contributed by atoms with van der Waals surface area (Å²) in [5, 5.41) is 5.95. The highest BCUT2D eigenvalue weighted by molar-refractivity contribution is 5.88. The number of amides is 3. The number of rotatable bonds is 6. The smallest absolute Gasteiger partial charge is 0.241 e. The van der Waals surface area contributed by atoms with Crippen LogP contribution in [0.25, 0.3) is 0 Å². The number of nitrogens with zero attached hydrogens (tertiary/aromatic N) is 3. The Morgan fingerprint density at radius 1 is 1.06 bits per heavy atom. The molecule has 9 heteroatoms. The second-order valence-corrected chi connectivity index (χ2v) is 11.6. The summed E-state index contributed by atoms with van der Waals surface area (Å²) >= 11 is 0. The van der Waals surface area contributed by atoms with Crippen molar-refractivity contribution in [2.24, 2.45) is 10.8 Å². The molecule has 3 amide bonds. The zero-order valence-corrected chi connectivity index (χ0v) is 21.8. The Balaban J connectivity index is 1.18. The van der Waals surface area contributed by atoms with E-state index in [1.807, 2.05) is 32.9 Å². The summed E-state index contributed by atoms with van der Waals surface area (Å²) < 4.78 is 13.2. The molecule has 8 nitrogen and oxygen atoms in total. The number of carbonyl (C=O) groups is 3. The lowest BCUT2D eigenvalue weighted by Crippen LogP contribution is -2.49. The van der Waals surface area contributed by atoms with Gasteiger partial charge in [-0.3, -0.25) is 19.3 Å². The summed E-state index contributed by atoms with van der Waals surface area (Å²) in [7, 11) is 0. The van der Waals surface area contributed by atoms with Crippen molar-refractivity contribution in [2.45, 2.75) is 52.5 Å². The van der Waals surface area contributed by atoms with Crippen molar-refractivity contribution in [3.05, 3.63) is 30.1 Å². The molecule has 198 valence electrons. The highest BCUT2D eigenvalue weighted by Gasteiger charge is 2.48. The maximum Gasteiger partial charge on any atom is 0.241 e. The molecule has 2 N–H and O–H groups in total. The van der Waals surface area contributed by atoms with Gasteiger partial charge in [0.1, 0.15) is 5.82 Å². The van der Waals surface area contributed by atoms with Crippen molar-refractivity contribution in [3.63, 3.8) is 0 Å². The predicted octanol–water partition coefficient (Wildman–Crippen LogP) is 2.00. The Bertz CT molecular complexity index is 945. The van der Waals surface area contributed by atoms with E-state index in [-0.39, 0.29) is 41.5 Å². The van der Waals surface area contributed by atoms with Gasteiger partial charge in [0.2, 0.25) is 17.7 Å². The van der Waals surface area contributed by atoms with E-state index in [0.29, 0.717) is 25.9 Å². The van der Waals surface area contributed by atoms with Gasteiger partial charge in [-0.2, -0.15) is 0 Å². The minimum atomic E-state index is -0.528. The summed E-state index contributed by atoms with van der Waals surface area (Å²) in [6.45, 7) is 11.2. The maximum absolute atomic E-state index is 13.2. The minimum absolute atomic E-state index is 0.00630. The first kappa shape index (κ1) is 26.4. The van der Waals surface area contributed by atoms with Crippen molar-refractivity contribution < 1.29 is 18.8 Å². The molecule has 3 aliphatic heterocycles. The first-order valence-corrected chi connectivity index (χ1v) is 13.2. The third kappa shape index (κ3) is 6.17. The van der Waals surface area contributed by atoms with Crippen molar-refractivity contribution in [1.82, 2.24) is 20.4 Å². The molecule has 1 spiro atoms. The minimum Gasteiger partial charge on any atom is -0.369 e. The monoisotopic (exact) mass is 501 g/mol. The van der Waals surface area contributed by atoms with Crippen LogP contribution >= 0.6 is 0 Å². The summed E-state index contributed by atoms with van der Waals surface area (Å²) in [4.78, 5) is 44.0. The normalized spacial score (nSPS) is 22.6. The SMILES string of the molecule is CC(C)(C)C(=O)NCC(=O)N1CCC2(CC1)C[C@H](CCN1CCN(c3ccc(F)cc3)CC1)NC2=O. The molecule has 0 aliphatic carbocycles. The Labute approximate surface area is 213 Å². The molecule has 1 aromatic rings. The number of piperazine rings is 1. The molecule has 3 saturated heterocycles. The summed E-state index contributed by atoms with van der Waals surface area (Å²) in [6, 6.07) is 6.84.